The molecule has 0 spiro atoms. The minimum Gasteiger partial charge on any atom is -0.482 e. The molecule has 5 aromatic rings. The molecule has 0 aliphatic heterocycles. The number of alkyl halides is 3. The van der Waals surface area contributed by atoms with E-state index in [0.717, 1.165) is 49.8 Å². The lowest BCUT2D eigenvalue weighted by Crippen LogP contribution is -2.14. The van der Waals surface area contributed by atoms with Crippen LogP contribution in [0.2, 0.25) is 0 Å². The smallest absolute Gasteiger partial charge is 0.416 e. The monoisotopic (exact) mass is 623 g/mol. The van der Waals surface area contributed by atoms with Crippen LogP contribution in [0.1, 0.15) is 29.4 Å². The highest BCUT2D eigenvalue weighted by Crippen LogP contribution is 2.36. The number of halogens is 3. The molecule has 0 amide bonds. The number of rotatable bonds is 11. The lowest BCUT2D eigenvalue weighted by atomic mass is 10.1. The van der Waals surface area contributed by atoms with E-state index in [1.807, 2.05) is 67.6 Å². The Balaban J connectivity index is 1.34. The van der Waals surface area contributed by atoms with E-state index in [4.69, 9.17) is 18.9 Å². The van der Waals surface area contributed by atoms with Crippen LogP contribution in [0.4, 0.5) is 13.2 Å². The largest absolute Gasteiger partial charge is 0.482 e. The van der Waals surface area contributed by atoms with Crippen LogP contribution in [0, 0.1) is 6.92 Å². The molecular weight excluding hydrogens is 595 g/mol. The van der Waals surface area contributed by atoms with Crippen molar-refractivity contribution in [2.75, 3.05) is 13.2 Å². The molecule has 5 rings (SSSR count). The zero-order valence-electron chi connectivity index (χ0n) is 23.4. The summed E-state index contributed by atoms with van der Waals surface area (Å²) in [5.41, 5.74) is 2.58. The molecular formula is C33H28F3NO4S2. The van der Waals surface area contributed by atoms with Crippen molar-refractivity contribution >= 4 is 40.4 Å². The summed E-state index contributed by atoms with van der Waals surface area (Å²) in [4.78, 5) is 17.4. The van der Waals surface area contributed by atoms with Crippen molar-refractivity contribution in [2.45, 2.75) is 41.5 Å². The normalized spacial score (nSPS) is 11.6. The number of esters is 1. The number of pyridine rings is 1. The Bertz CT molecular complexity index is 1720. The SMILES string of the molecule is CCOC(=O)COc1ccc(SCc2cc(-c3ccc(C(F)(F)F)cc3)oc2CSc2ccc3ccccc3n2)cc1C. The van der Waals surface area contributed by atoms with Gasteiger partial charge in [-0.05, 0) is 67.9 Å². The maximum atomic E-state index is 13.1. The number of benzene rings is 3. The maximum absolute atomic E-state index is 13.1. The van der Waals surface area contributed by atoms with Crippen molar-refractivity contribution in [2.24, 2.45) is 0 Å². The van der Waals surface area contributed by atoms with Gasteiger partial charge in [0.05, 0.1) is 28.5 Å². The van der Waals surface area contributed by atoms with Gasteiger partial charge in [-0.1, -0.05) is 48.2 Å². The molecule has 0 unspecified atom stereocenters. The molecule has 0 saturated carbocycles. The molecule has 222 valence electrons. The van der Waals surface area contributed by atoms with Crippen molar-refractivity contribution in [3.05, 3.63) is 107 Å². The summed E-state index contributed by atoms with van der Waals surface area (Å²) >= 11 is 3.14. The van der Waals surface area contributed by atoms with Gasteiger partial charge in [0.15, 0.2) is 6.61 Å². The molecule has 43 heavy (non-hydrogen) atoms. The van der Waals surface area contributed by atoms with Gasteiger partial charge in [-0.25, -0.2) is 9.78 Å². The Labute approximate surface area is 255 Å². The van der Waals surface area contributed by atoms with Crippen molar-refractivity contribution < 1.29 is 31.9 Å². The van der Waals surface area contributed by atoms with Gasteiger partial charge in [0.1, 0.15) is 17.3 Å². The zero-order valence-corrected chi connectivity index (χ0v) is 25.1. The Morgan fingerprint density at radius 3 is 2.47 bits per heavy atom. The number of furan rings is 1. The van der Waals surface area contributed by atoms with Gasteiger partial charge >= 0.3 is 12.1 Å². The van der Waals surface area contributed by atoms with E-state index in [1.54, 1.807) is 18.7 Å². The second kappa shape index (κ2) is 13.6. The molecule has 0 atom stereocenters. The molecule has 0 N–H and O–H groups in total. The average molecular weight is 624 g/mol. The van der Waals surface area contributed by atoms with Crippen LogP contribution in [0.3, 0.4) is 0 Å². The first kappa shape index (κ1) is 30.6. The van der Waals surface area contributed by atoms with Crippen LogP contribution in [0.5, 0.6) is 5.75 Å². The zero-order chi connectivity index (χ0) is 30.4. The molecule has 2 heterocycles. The average Bonchev–Trinajstić information content (AvgIpc) is 3.41. The molecule has 5 nitrogen and oxygen atoms in total. The van der Waals surface area contributed by atoms with E-state index in [2.05, 4.69) is 0 Å². The van der Waals surface area contributed by atoms with E-state index in [-0.39, 0.29) is 6.61 Å². The summed E-state index contributed by atoms with van der Waals surface area (Å²) in [5.74, 6) is 2.49. The van der Waals surface area contributed by atoms with Crippen molar-refractivity contribution in [1.29, 1.82) is 0 Å². The predicted molar refractivity (Wildman–Crippen MR) is 163 cm³/mol. The van der Waals surface area contributed by atoms with E-state index < -0.39 is 17.7 Å². The van der Waals surface area contributed by atoms with Crippen molar-refractivity contribution in [3.63, 3.8) is 0 Å². The van der Waals surface area contributed by atoms with Crippen LogP contribution in [0.25, 0.3) is 22.2 Å². The molecule has 10 heteroatoms. The summed E-state index contributed by atoms with van der Waals surface area (Å²) in [6.45, 7) is 3.79. The van der Waals surface area contributed by atoms with E-state index in [0.29, 0.717) is 35.2 Å². The number of carbonyl (C=O) groups is 1. The minimum absolute atomic E-state index is 0.157. The number of carbonyl (C=O) groups excluding carboxylic acids is 1. The highest BCUT2D eigenvalue weighted by molar-refractivity contribution is 7.98. The quantitative estimate of drug-likeness (QED) is 0.107. The molecule has 0 aliphatic rings. The molecule has 0 radical (unpaired) electrons. The fourth-order valence-corrected chi connectivity index (χ4v) is 6.16. The Morgan fingerprint density at radius 1 is 0.930 bits per heavy atom. The van der Waals surface area contributed by atoms with Gasteiger partial charge < -0.3 is 13.9 Å². The Kier molecular flexibility index (Phi) is 9.67. The standard InChI is InChI=1S/C33H28F3NO4S2/c1-3-39-32(38)18-40-28-14-13-26(16-21(28)2)42-19-24-17-29(23-8-11-25(12-9-23)33(34,35)36)41-30(24)20-43-31-15-10-22-6-4-5-7-27(22)37-31/h4-17H,3,18-20H2,1-2H3. The Morgan fingerprint density at radius 2 is 1.72 bits per heavy atom. The lowest BCUT2D eigenvalue weighted by Gasteiger charge is -2.10. The summed E-state index contributed by atoms with van der Waals surface area (Å²) in [6, 6.07) is 24.5. The van der Waals surface area contributed by atoms with Gasteiger partial charge in [0.25, 0.3) is 0 Å². The van der Waals surface area contributed by atoms with Gasteiger partial charge in [-0.15, -0.1) is 11.8 Å². The molecule has 0 saturated heterocycles. The summed E-state index contributed by atoms with van der Waals surface area (Å²) in [6.07, 6.45) is -4.41. The fraction of sp³-hybridized carbons (Fsp3) is 0.212. The van der Waals surface area contributed by atoms with Crippen molar-refractivity contribution in [1.82, 2.24) is 4.98 Å². The third-order valence-corrected chi connectivity index (χ3v) is 8.48. The van der Waals surface area contributed by atoms with E-state index in [1.165, 1.54) is 23.9 Å². The third kappa shape index (κ3) is 7.94. The van der Waals surface area contributed by atoms with E-state index >= 15 is 0 Å². The first-order valence-corrected chi connectivity index (χ1v) is 15.5. The molecule has 0 fully saturated rings. The summed E-state index contributed by atoms with van der Waals surface area (Å²) in [5, 5.41) is 1.90. The number of fused-ring (bicyclic) bond motifs is 1. The highest BCUT2D eigenvalue weighted by Gasteiger charge is 2.30. The van der Waals surface area contributed by atoms with Gasteiger partial charge in [0, 0.05) is 27.2 Å². The number of hydrogen-bond acceptors (Lipinski definition) is 7. The number of aromatic nitrogens is 1. The summed E-state index contributed by atoms with van der Waals surface area (Å²) in [7, 11) is 0. The first-order chi connectivity index (χ1) is 20.7. The third-order valence-electron chi connectivity index (χ3n) is 6.51. The van der Waals surface area contributed by atoms with Crippen LogP contribution in [-0.2, 0) is 27.2 Å². The second-order valence-corrected chi connectivity index (χ2v) is 11.6. The second-order valence-electron chi connectivity index (χ2n) is 9.57. The number of nitrogens with zero attached hydrogens (tertiary/aromatic N) is 1. The van der Waals surface area contributed by atoms with Gasteiger partial charge in [0.2, 0.25) is 0 Å². The predicted octanol–water partition coefficient (Wildman–Crippen LogP) is 9.35. The first-order valence-electron chi connectivity index (χ1n) is 13.5. The fourth-order valence-electron chi connectivity index (χ4n) is 4.32. The minimum atomic E-state index is -4.41. The van der Waals surface area contributed by atoms with Gasteiger partial charge in [-0.2, -0.15) is 13.2 Å². The van der Waals surface area contributed by atoms with Crippen LogP contribution < -0.4 is 4.74 Å². The maximum Gasteiger partial charge on any atom is 0.416 e. The van der Waals surface area contributed by atoms with E-state index in [9.17, 15) is 18.0 Å². The topological polar surface area (TPSA) is 61.6 Å². The molecule has 2 aromatic heterocycles. The lowest BCUT2D eigenvalue weighted by molar-refractivity contribution is -0.145. The van der Waals surface area contributed by atoms with Crippen LogP contribution >= 0.6 is 23.5 Å². The van der Waals surface area contributed by atoms with Crippen molar-refractivity contribution in [3.8, 4) is 17.1 Å². The Hall–Kier alpha value is -3.89. The number of hydrogen-bond donors (Lipinski definition) is 0. The summed E-state index contributed by atoms with van der Waals surface area (Å²) < 4.78 is 56.1. The molecule has 3 aromatic carbocycles. The van der Waals surface area contributed by atoms with Crippen LogP contribution in [0.15, 0.2) is 99.3 Å². The number of para-hydroxylation sites is 1. The van der Waals surface area contributed by atoms with Crippen LogP contribution in [-0.4, -0.2) is 24.2 Å². The van der Waals surface area contributed by atoms with Gasteiger partial charge in [-0.3, -0.25) is 0 Å². The number of thioether (sulfide) groups is 2. The molecule has 0 aliphatic carbocycles. The number of aryl methyl sites for hydroxylation is 1. The number of ether oxygens (including phenoxy) is 2. The highest BCUT2D eigenvalue weighted by atomic mass is 32.2. The molecule has 0 bridgehead atoms.